The first-order chi connectivity index (χ1) is 14.5. The van der Waals surface area contributed by atoms with Crippen LogP contribution in [0.5, 0.6) is 5.75 Å². The number of benzene rings is 2. The average molecular weight is 421 g/mol. The third-order valence-corrected chi connectivity index (χ3v) is 5.37. The van der Waals surface area contributed by atoms with E-state index >= 15 is 0 Å². The van der Waals surface area contributed by atoms with Crippen LogP contribution in [-0.2, 0) is 0 Å². The molecular formula is C24H24N2O3S. The Labute approximate surface area is 180 Å². The monoisotopic (exact) mass is 420 g/mol. The van der Waals surface area contributed by atoms with Crippen LogP contribution < -0.4 is 10.1 Å². The Morgan fingerprint density at radius 2 is 1.73 bits per heavy atom. The molecule has 3 aromatic rings. The number of nitrogens with one attached hydrogen (secondary N) is 1. The van der Waals surface area contributed by atoms with Gasteiger partial charge in [-0.1, -0.05) is 30.0 Å². The molecule has 0 saturated carbocycles. The van der Waals surface area contributed by atoms with Crippen molar-refractivity contribution in [3.8, 4) is 5.75 Å². The number of amides is 1. The lowest BCUT2D eigenvalue weighted by molar-refractivity contribution is 0.101. The highest BCUT2D eigenvalue weighted by atomic mass is 32.2. The summed E-state index contributed by atoms with van der Waals surface area (Å²) in [6.07, 6.45) is 0. The number of para-hydroxylation sites is 1. The lowest BCUT2D eigenvalue weighted by Gasteiger charge is -2.13. The van der Waals surface area contributed by atoms with Crippen LogP contribution in [-0.4, -0.2) is 29.0 Å². The van der Waals surface area contributed by atoms with Gasteiger partial charge in [-0.2, -0.15) is 0 Å². The minimum atomic E-state index is -0.234. The highest BCUT2D eigenvalue weighted by Gasteiger charge is 2.19. The van der Waals surface area contributed by atoms with Gasteiger partial charge in [0.2, 0.25) is 0 Å². The number of hydrogen-bond acceptors (Lipinski definition) is 5. The molecule has 0 spiro atoms. The number of pyridine rings is 1. The molecule has 0 saturated heterocycles. The number of ether oxygens (including phenoxy) is 1. The largest absolute Gasteiger partial charge is 0.494 e. The van der Waals surface area contributed by atoms with Gasteiger partial charge >= 0.3 is 0 Å². The van der Waals surface area contributed by atoms with Crippen LogP contribution in [0.1, 0.15) is 38.9 Å². The van der Waals surface area contributed by atoms with E-state index in [1.807, 2.05) is 57.2 Å². The minimum absolute atomic E-state index is 0.0292. The van der Waals surface area contributed by atoms with Gasteiger partial charge in [0, 0.05) is 16.9 Å². The predicted molar refractivity (Wildman–Crippen MR) is 121 cm³/mol. The fourth-order valence-corrected chi connectivity index (χ4v) is 4.06. The zero-order chi connectivity index (χ0) is 21.5. The number of Topliss-reactive ketones (excluding diaryl/α,β-unsaturated/α-hetero) is 1. The second kappa shape index (κ2) is 10.1. The van der Waals surface area contributed by atoms with Crippen molar-refractivity contribution in [3.05, 3.63) is 83.0 Å². The van der Waals surface area contributed by atoms with Crippen molar-refractivity contribution in [2.45, 2.75) is 25.8 Å². The fourth-order valence-electron chi connectivity index (χ4n) is 3.02. The zero-order valence-electron chi connectivity index (χ0n) is 17.3. The first-order valence-corrected chi connectivity index (χ1v) is 10.7. The van der Waals surface area contributed by atoms with E-state index in [1.165, 1.54) is 11.8 Å². The molecule has 1 amide bonds. The van der Waals surface area contributed by atoms with Crippen LogP contribution in [0.4, 0.5) is 5.69 Å². The van der Waals surface area contributed by atoms with Crippen molar-refractivity contribution in [3.63, 3.8) is 0 Å². The maximum absolute atomic E-state index is 12.9. The number of aryl methyl sites for hydroxylation is 2. The van der Waals surface area contributed by atoms with Gasteiger partial charge in [0.1, 0.15) is 10.8 Å². The molecule has 6 heteroatoms. The van der Waals surface area contributed by atoms with Gasteiger partial charge in [0.05, 0.1) is 17.9 Å². The average Bonchev–Trinajstić information content (AvgIpc) is 2.73. The van der Waals surface area contributed by atoms with E-state index in [9.17, 15) is 9.59 Å². The molecule has 1 heterocycles. The van der Waals surface area contributed by atoms with E-state index < -0.39 is 0 Å². The molecule has 0 radical (unpaired) electrons. The smallest absolute Gasteiger partial charge is 0.258 e. The molecule has 1 aromatic heterocycles. The van der Waals surface area contributed by atoms with Crippen LogP contribution >= 0.6 is 11.8 Å². The number of rotatable bonds is 8. The number of hydrogen-bond donors (Lipinski definition) is 1. The van der Waals surface area contributed by atoms with Gasteiger partial charge in [-0.15, -0.1) is 0 Å². The third kappa shape index (κ3) is 5.48. The summed E-state index contributed by atoms with van der Waals surface area (Å²) in [6, 6.07) is 18.2. The SMILES string of the molecule is CCOc1ccc(C(=O)CSc2nc(C)cc(C)c2C(=O)Nc2ccccc2)cc1. The second-order valence-electron chi connectivity index (χ2n) is 6.75. The van der Waals surface area contributed by atoms with Crippen LogP contribution in [0.25, 0.3) is 0 Å². The molecule has 0 unspecified atom stereocenters. The van der Waals surface area contributed by atoms with E-state index in [2.05, 4.69) is 10.3 Å². The van der Waals surface area contributed by atoms with Crippen molar-refractivity contribution in [2.75, 3.05) is 17.7 Å². The number of anilines is 1. The summed E-state index contributed by atoms with van der Waals surface area (Å²) in [5.41, 5.74) is 3.44. The predicted octanol–water partition coefficient (Wildman–Crippen LogP) is 5.32. The Morgan fingerprint density at radius 3 is 2.40 bits per heavy atom. The van der Waals surface area contributed by atoms with Crippen LogP contribution in [0.2, 0.25) is 0 Å². The Hall–Kier alpha value is -3.12. The van der Waals surface area contributed by atoms with Crippen molar-refractivity contribution in [2.24, 2.45) is 0 Å². The maximum atomic E-state index is 12.9. The molecule has 1 N–H and O–H groups in total. The normalized spacial score (nSPS) is 10.5. The Bertz CT molecular complexity index is 1030. The number of carbonyl (C=O) groups excluding carboxylic acids is 2. The number of aromatic nitrogens is 1. The maximum Gasteiger partial charge on any atom is 0.258 e. The highest BCUT2D eigenvalue weighted by molar-refractivity contribution is 8.00. The van der Waals surface area contributed by atoms with Crippen molar-refractivity contribution in [1.82, 2.24) is 4.98 Å². The summed E-state index contributed by atoms with van der Waals surface area (Å²) >= 11 is 1.28. The first-order valence-electron chi connectivity index (χ1n) is 9.71. The minimum Gasteiger partial charge on any atom is -0.494 e. The molecule has 0 aliphatic heterocycles. The topological polar surface area (TPSA) is 68.3 Å². The van der Waals surface area contributed by atoms with Gasteiger partial charge in [-0.05, 0) is 68.8 Å². The molecule has 0 aliphatic carbocycles. The Balaban J connectivity index is 1.76. The Morgan fingerprint density at radius 1 is 1.03 bits per heavy atom. The number of nitrogens with zero attached hydrogens (tertiary/aromatic N) is 1. The van der Waals surface area contributed by atoms with Crippen molar-refractivity contribution >= 4 is 29.1 Å². The van der Waals surface area contributed by atoms with Gasteiger partial charge in [-0.3, -0.25) is 9.59 Å². The van der Waals surface area contributed by atoms with Crippen LogP contribution in [0.3, 0.4) is 0 Å². The van der Waals surface area contributed by atoms with Crippen molar-refractivity contribution < 1.29 is 14.3 Å². The van der Waals surface area contributed by atoms with E-state index in [1.54, 1.807) is 24.3 Å². The van der Waals surface area contributed by atoms with Crippen LogP contribution in [0.15, 0.2) is 65.7 Å². The lowest BCUT2D eigenvalue weighted by atomic mass is 10.1. The standard InChI is InChI=1S/C24H24N2O3S/c1-4-29-20-12-10-18(11-13-20)21(27)15-30-24-22(16(2)14-17(3)25-24)23(28)26-19-8-6-5-7-9-19/h5-14H,4,15H2,1-3H3,(H,26,28). The van der Waals surface area contributed by atoms with E-state index in [0.29, 0.717) is 28.4 Å². The summed E-state index contributed by atoms with van der Waals surface area (Å²) in [5.74, 6) is 0.661. The second-order valence-corrected chi connectivity index (χ2v) is 7.71. The molecule has 0 fully saturated rings. The van der Waals surface area contributed by atoms with Crippen molar-refractivity contribution in [1.29, 1.82) is 0 Å². The summed E-state index contributed by atoms with van der Waals surface area (Å²) < 4.78 is 5.42. The molecule has 154 valence electrons. The summed E-state index contributed by atoms with van der Waals surface area (Å²) in [7, 11) is 0. The number of ketones is 1. The summed E-state index contributed by atoms with van der Waals surface area (Å²) in [5, 5.41) is 3.46. The summed E-state index contributed by atoms with van der Waals surface area (Å²) in [6.45, 7) is 6.25. The molecular weight excluding hydrogens is 396 g/mol. The zero-order valence-corrected chi connectivity index (χ0v) is 18.1. The molecule has 3 rings (SSSR count). The van der Waals surface area contributed by atoms with E-state index in [-0.39, 0.29) is 17.4 Å². The van der Waals surface area contributed by atoms with E-state index in [4.69, 9.17) is 4.74 Å². The fraction of sp³-hybridized carbons (Fsp3) is 0.208. The van der Waals surface area contributed by atoms with Gasteiger partial charge in [0.15, 0.2) is 5.78 Å². The molecule has 0 atom stereocenters. The van der Waals surface area contributed by atoms with Gasteiger partial charge < -0.3 is 10.1 Å². The third-order valence-electron chi connectivity index (χ3n) is 4.40. The summed E-state index contributed by atoms with van der Waals surface area (Å²) in [4.78, 5) is 30.1. The van der Waals surface area contributed by atoms with Crippen LogP contribution in [0, 0.1) is 13.8 Å². The van der Waals surface area contributed by atoms with Gasteiger partial charge in [-0.25, -0.2) is 4.98 Å². The van der Waals surface area contributed by atoms with E-state index in [0.717, 1.165) is 17.0 Å². The Kier molecular flexibility index (Phi) is 7.25. The highest BCUT2D eigenvalue weighted by Crippen LogP contribution is 2.26. The number of carbonyl (C=O) groups is 2. The number of thioether (sulfide) groups is 1. The first kappa shape index (κ1) is 21.6. The molecule has 0 aliphatic rings. The lowest BCUT2D eigenvalue weighted by Crippen LogP contribution is -2.16. The quantitative estimate of drug-likeness (QED) is 0.394. The van der Waals surface area contributed by atoms with Gasteiger partial charge in [0.25, 0.3) is 5.91 Å². The molecule has 5 nitrogen and oxygen atoms in total. The molecule has 30 heavy (non-hydrogen) atoms. The molecule has 0 bridgehead atoms. The molecule has 2 aromatic carbocycles.